The molecule has 3 heterocycles. The minimum atomic E-state index is -1.63. The van der Waals surface area contributed by atoms with E-state index in [1.807, 2.05) is 31.2 Å². The fourth-order valence-corrected chi connectivity index (χ4v) is 4.32. The zero-order valence-electron chi connectivity index (χ0n) is 20.2. The Kier molecular flexibility index (Phi) is 7.97. The van der Waals surface area contributed by atoms with Gasteiger partial charge in [-0.15, -0.1) is 0 Å². The number of rotatable bonds is 5. The van der Waals surface area contributed by atoms with Crippen LogP contribution < -0.4 is 16.0 Å². The van der Waals surface area contributed by atoms with Gasteiger partial charge in [0, 0.05) is 36.6 Å². The zero-order chi connectivity index (χ0) is 25.7. The molecule has 2 saturated heterocycles. The first-order valence-electron chi connectivity index (χ1n) is 12.0. The number of aliphatic hydroxyl groups excluding tert-OH is 1. The summed E-state index contributed by atoms with van der Waals surface area (Å²) in [6, 6.07) is 12.7. The van der Waals surface area contributed by atoms with Crippen molar-refractivity contribution in [1.82, 2.24) is 4.90 Å². The summed E-state index contributed by atoms with van der Waals surface area (Å²) >= 11 is 0. The molecule has 4 N–H and O–H groups in total. The minimum Gasteiger partial charge on any atom is -0.383 e. The van der Waals surface area contributed by atoms with Gasteiger partial charge in [0.2, 0.25) is 6.41 Å². The molecule has 0 aliphatic carbocycles. The van der Waals surface area contributed by atoms with Crippen LogP contribution in [0.15, 0.2) is 47.5 Å². The van der Waals surface area contributed by atoms with Gasteiger partial charge in [0.25, 0.3) is 11.8 Å². The van der Waals surface area contributed by atoms with Crippen molar-refractivity contribution in [2.24, 2.45) is 10.7 Å². The summed E-state index contributed by atoms with van der Waals surface area (Å²) in [6.07, 6.45) is 0.411. The Morgan fingerprint density at radius 2 is 1.92 bits per heavy atom. The van der Waals surface area contributed by atoms with Gasteiger partial charge in [0.15, 0.2) is 12.2 Å². The number of hydrogen-bond donors (Lipinski definition) is 3. The smallest absolute Gasteiger partial charge is 0.259 e. The Bertz CT molecular complexity index is 1140. The molecule has 0 bridgehead atoms. The number of carbonyl (C=O) groups is 3. The summed E-state index contributed by atoms with van der Waals surface area (Å²) in [5.74, 6) is -0.686. The molecule has 2 aromatic rings. The number of aliphatic imine (C=N–C) groups is 1. The van der Waals surface area contributed by atoms with Crippen molar-refractivity contribution in [3.8, 4) is 0 Å². The monoisotopic (exact) mass is 493 g/mol. The quantitative estimate of drug-likeness (QED) is 0.535. The first-order chi connectivity index (χ1) is 17.4. The molecule has 2 atom stereocenters. The second-order valence-corrected chi connectivity index (χ2v) is 8.97. The number of nitrogens with one attached hydrogen (secondary N) is 1. The number of nitrogens with zero attached hydrogens (tertiary/aromatic N) is 3. The van der Waals surface area contributed by atoms with E-state index in [2.05, 4.69) is 10.3 Å². The van der Waals surface area contributed by atoms with Gasteiger partial charge in [0.1, 0.15) is 5.84 Å². The molecule has 10 nitrogen and oxygen atoms in total. The highest BCUT2D eigenvalue weighted by atomic mass is 16.5. The van der Waals surface area contributed by atoms with Crippen molar-refractivity contribution >= 4 is 35.4 Å². The number of ether oxygens (including phenoxy) is 1. The van der Waals surface area contributed by atoms with Crippen LogP contribution in [0.3, 0.4) is 0 Å². The van der Waals surface area contributed by atoms with Gasteiger partial charge in [-0.25, -0.2) is 0 Å². The van der Waals surface area contributed by atoms with E-state index >= 15 is 0 Å². The number of fused-ring (bicyclic) bond motifs is 1. The lowest BCUT2D eigenvalue weighted by Gasteiger charge is -2.34. The van der Waals surface area contributed by atoms with Crippen molar-refractivity contribution in [2.75, 3.05) is 36.5 Å². The van der Waals surface area contributed by atoms with Gasteiger partial charge >= 0.3 is 0 Å². The number of aliphatic hydroxyl groups is 1. The molecule has 2 aromatic carbocycles. The molecule has 3 aliphatic rings. The van der Waals surface area contributed by atoms with E-state index in [0.29, 0.717) is 30.3 Å². The normalized spacial score (nSPS) is 19.7. The summed E-state index contributed by atoms with van der Waals surface area (Å²) in [5.41, 5.74) is 9.80. The van der Waals surface area contributed by atoms with Crippen LogP contribution in [-0.4, -0.2) is 72.5 Å². The summed E-state index contributed by atoms with van der Waals surface area (Å²) in [6.45, 7) is 4.94. The Morgan fingerprint density at radius 3 is 2.58 bits per heavy atom. The average Bonchev–Trinajstić information content (AvgIpc) is 3.55. The fraction of sp³-hybridized carbons (Fsp3) is 0.385. The lowest BCUT2D eigenvalue weighted by Crippen LogP contribution is -2.55. The Balaban J connectivity index is 0.000000375. The van der Waals surface area contributed by atoms with Gasteiger partial charge in [-0.1, -0.05) is 17.7 Å². The third-order valence-electron chi connectivity index (χ3n) is 6.38. The summed E-state index contributed by atoms with van der Waals surface area (Å²) in [7, 11) is 0. The molecular formula is C26H31N5O5. The van der Waals surface area contributed by atoms with Crippen molar-refractivity contribution in [3.63, 3.8) is 0 Å². The maximum absolute atomic E-state index is 12.8. The van der Waals surface area contributed by atoms with Crippen molar-refractivity contribution in [1.29, 1.82) is 0 Å². The minimum absolute atomic E-state index is 0.226. The summed E-state index contributed by atoms with van der Waals surface area (Å²) < 4.78 is 5.44. The highest BCUT2D eigenvalue weighted by molar-refractivity contribution is 6.04. The predicted octanol–water partition coefficient (Wildman–Crippen LogP) is 1.18. The third-order valence-corrected chi connectivity index (χ3v) is 6.38. The average molecular weight is 494 g/mol. The summed E-state index contributed by atoms with van der Waals surface area (Å²) in [4.78, 5) is 42.8. The van der Waals surface area contributed by atoms with Crippen LogP contribution in [0.5, 0.6) is 0 Å². The highest BCUT2D eigenvalue weighted by Gasteiger charge is 2.39. The first kappa shape index (κ1) is 25.3. The van der Waals surface area contributed by atoms with Crippen molar-refractivity contribution in [2.45, 2.75) is 38.5 Å². The van der Waals surface area contributed by atoms with Crippen LogP contribution in [0, 0.1) is 6.92 Å². The van der Waals surface area contributed by atoms with Gasteiger partial charge in [0.05, 0.1) is 13.2 Å². The molecule has 5 rings (SSSR count). The molecule has 36 heavy (non-hydrogen) atoms. The fourth-order valence-electron chi connectivity index (χ4n) is 4.32. The number of benzene rings is 2. The molecule has 2 unspecified atom stereocenters. The number of nitrogens with two attached hydrogens (primary N) is 1. The number of aryl methyl sites for hydroxylation is 1. The number of morpholine rings is 1. The standard InChI is InChI=1S/C21H22N4O4.C5H9NO/c1-12-2-5-15(6-3-12)25-8-9-29-18(21(25)28)17(26)20(27)24-14-4-7-16-13(10-14)11-23-19(16)22;7-5-6-3-1-2-4-6/h2-7,10,17-18,26H,8-9,11H2,1H3,(H2,22,23)(H,24,27);5H,1-4H2. The van der Waals surface area contributed by atoms with Crippen LogP contribution >= 0.6 is 0 Å². The zero-order valence-corrected chi connectivity index (χ0v) is 20.2. The van der Waals surface area contributed by atoms with Crippen LogP contribution in [-0.2, 0) is 25.7 Å². The van der Waals surface area contributed by atoms with E-state index in [-0.39, 0.29) is 6.61 Å². The van der Waals surface area contributed by atoms with E-state index in [0.717, 1.165) is 36.2 Å². The molecule has 3 aliphatic heterocycles. The number of hydrogen-bond acceptors (Lipinski definition) is 7. The molecule has 2 fully saturated rings. The van der Waals surface area contributed by atoms with Crippen molar-refractivity contribution in [3.05, 3.63) is 59.2 Å². The number of amides is 3. The molecule has 0 radical (unpaired) electrons. The molecule has 190 valence electrons. The van der Waals surface area contributed by atoms with E-state index < -0.39 is 24.0 Å². The Labute approximate surface area is 209 Å². The van der Waals surface area contributed by atoms with E-state index in [4.69, 9.17) is 10.5 Å². The van der Waals surface area contributed by atoms with Gasteiger partial charge in [-0.05, 0) is 55.7 Å². The largest absolute Gasteiger partial charge is 0.383 e. The maximum atomic E-state index is 12.8. The maximum Gasteiger partial charge on any atom is 0.259 e. The SMILES string of the molecule is Cc1ccc(N2CCOC(C(O)C(=O)Nc3ccc4c(c3)CN=C4N)C2=O)cc1.O=CN1CCCC1. The summed E-state index contributed by atoms with van der Waals surface area (Å²) in [5, 5.41) is 13.1. The molecule has 0 aromatic heterocycles. The number of anilines is 2. The molecule has 10 heteroatoms. The van der Waals surface area contributed by atoms with Crippen LogP contribution in [0.1, 0.15) is 29.5 Å². The number of carbonyl (C=O) groups excluding carboxylic acids is 3. The Hall–Kier alpha value is -3.76. The lowest BCUT2D eigenvalue weighted by molar-refractivity contribution is -0.150. The topological polar surface area (TPSA) is 138 Å². The van der Waals surface area contributed by atoms with E-state index in [9.17, 15) is 19.5 Å². The number of likely N-dealkylation sites (tertiary alicyclic amines) is 1. The van der Waals surface area contributed by atoms with Crippen LogP contribution in [0.25, 0.3) is 0 Å². The number of amidine groups is 1. The van der Waals surface area contributed by atoms with Crippen LogP contribution in [0.4, 0.5) is 11.4 Å². The Morgan fingerprint density at radius 1 is 1.19 bits per heavy atom. The van der Waals surface area contributed by atoms with Gasteiger partial charge < -0.3 is 30.7 Å². The van der Waals surface area contributed by atoms with Crippen LogP contribution in [0.2, 0.25) is 0 Å². The van der Waals surface area contributed by atoms with E-state index in [1.165, 1.54) is 17.7 Å². The van der Waals surface area contributed by atoms with Crippen molar-refractivity contribution < 1.29 is 24.2 Å². The highest BCUT2D eigenvalue weighted by Crippen LogP contribution is 2.23. The second-order valence-electron chi connectivity index (χ2n) is 8.97. The molecule has 0 spiro atoms. The third kappa shape index (κ3) is 5.72. The van der Waals surface area contributed by atoms with Gasteiger partial charge in [-0.2, -0.15) is 0 Å². The lowest BCUT2D eigenvalue weighted by atomic mass is 10.1. The second kappa shape index (κ2) is 11.3. The van der Waals surface area contributed by atoms with Gasteiger partial charge in [-0.3, -0.25) is 19.4 Å². The molecule has 0 saturated carbocycles. The van der Waals surface area contributed by atoms with E-state index in [1.54, 1.807) is 23.1 Å². The predicted molar refractivity (Wildman–Crippen MR) is 136 cm³/mol. The first-order valence-corrected chi connectivity index (χ1v) is 12.0. The molecule has 3 amide bonds. The molecular weight excluding hydrogens is 462 g/mol.